The summed E-state index contributed by atoms with van der Waals surface area (Å²) in [6.45, 7) is 0.613. The van der Waals surface area contributed by atoms with Crippen molar-refractivity contribution in [1.82, 2.24) is 0 Å². The number of fused-ring (bicyclic) bond motifs is 1. The van der Waals surface area contributed by atoms with Crippen LogP contribution < -0.4 is 0 Å². The molecule has 0 bridgehead atoms. The number of hydrogen-bond donors (Lipinski definition) is 0. The van der Waals surface area contributed by atoms with Crippen LogP contribution in [0.1, 0.15) is 10.6 Å². The van der Waals surface area contributed by atoms with Gasteiger partial charge in [0.2, 0.25) is 5.78 Å². The predicted molar refractivity (Wildman–Crippen MR) is 72.6 cm³/mol. The molecule has 1 saturated heterocycles. The van der Waals surface area contributed by atoms with Crippen LogP contribution in [0.3, 0.4) is 0 Å². The summed E-state index contributed by atoms with van der Waals surface area (Å²) >= 11 is 7.74. The van der Waals surface area contributed by atoms with Crippen molar-refractivity contribution < 1.29 is 13.9 Å². The Kier molecular flexibility index (Phi) is 3.33. The Morgan fingerprint density at radius 1 is 1.44 bits per heavy atom. The molecule has 1 aromatic heterocycles. The van der Waals surface area contributed by atoms with E-state index in [0.29, 0.717) is 28.7 Å². The number of halogens is 1. The number of carbonyl (C=O) groups excluding carboxylic acids is 1. The monoisotopic (exact) mass is 282 g/mol. The van der Waals surface area contributed by atoms with Crippen LogP contribution in [0.25, 0.3) is 11.0 Å². The van der Waals surface area contributed by atoms with Crippen LogP contribution in [0, 0.1) is 0 Å². The van der Waals surface area contributed by atoms with Crippen LogP contribution in [0.2, 0.25) is 5.02 Å². The summed E-state index contributed by atoms with van der Waals surface area (Å²) in [5.74, 6) is 1.85. The highest BCUT2D eigenvalue weighted by molar-refractivity contribution is 7.99. The topological polar surface area (TPSA) is 39.4 Å². The molecule has 2 heterocycles. The molecule has 0 N–H and O–H groups in total. The molecule has 3 nitrogen and oxygen atoms in total. The quantitative estimate of drug-likeness (QED) is 0.792. The zero-order chi connectivity index (χ0) is 12.5. The summed E-state index contributed by atoms with van der Waals surface area (Å²) in [4.78, 5) is 12.2. The van der Waals surface area contributed by atoms with Gasteiger partial charge in [-0.05, 0) is 12.1 Å². The molecule has 0 radical (unpaired) electrons. The first-order valence-corrected chi connectivity index (χ1v) is 7.20. The average molecular weight is 283 g/mol. The number of benzene rings is 1. The first-order chi connectivity index (χ1) is 8.75. The fourth-order valence-electron chi connectivity index (χ4n) is 1.95. The second kappa shape index (κ2) is 4.96. The van der Waals surface area contributed by atoms with Crippen molar-refractivity contribution in [3.8, 4) is 0 Å². The second-order valence-corrected chi connectivity index (χ2v) is 5.62. The van der Waals surface area contributed by atoms with Crippen LogP contribution in [-0.4, -0.2) is 30.0 Å². The van der Waals surface area contributed by atoms with E-state index in [-0.39, 0.29) is 5.78 Å². The van der Waals surface area contributed by atoms with Crippen LogP contribution >= 0.6 is 23.4 Å². The fraction of sp³-hybridized carbons (Fsp3) is 0.308. The molecular weight excluding hydrogens is 272 g/mol. The first-order valence-electron chi connectivity index (χ1n) is 5.67. The van der Waals surface area contributed by atoms with Gasteiger partial charge in [0.1, 0.15) is 6.10 Å². The van der Waals surface area contributed by atoms with Gasteiger partial charge in [0.15, 0.2) is 11.3 Å². The number of para-hydroxylation sites is 1. The van der Waals surface area contributed by atoms with E-state index in [1.165, 1.54) is 0 Å². The summed E-state index contributed by atoms with van der Waals surface area (Å²) in [5.41, 5.74) is 0.561. The highest BCUT2D eigenvalue weighted by atomic mass is 35.5. The lowest BCUT2D eigenvalue weighted by atomic mass is 10.2. The number of Topliss-reactive ketones (excluding diaryl/α,β-unsaturated/α-hetero) is 1. The summed E-state index contributed by atoms with van der Waals surface area (Å²) in [7, 11) is 0. The molecule has 1 aliphatic rings. The predicted octanol–water partition coefficient (Wildman–Crippen LogP) is 3.40. The number of rotatable bonds is 2. The van der Waals surface area contributed by atoms with Gasteiger partial charge < -0.3 is 9.15 Å². The molecular formula is C13H11ClO3S. The van der Waals surface area contributed by atoms with Crippen molar-refractivity contribution >= 4 is 40.1 Å². The largest absolute Gasteiger partial charge is 0.451 e. The maximum atomic E-state index is 12.2. The van der Waals surface area contributed by atoms with Crippen LogP contribution in [-0.2, 0) is 4.74 Å². The minimum Gasteiger partial charge on any atom is -0.451 e. The molecule has 0 aliphatic carbocycles. The van der Waals surface area contributed by atoms with Crippen molar-refractivity contribution in [3.05, 3.63) is 35.0 Å². The van der Waals surface area contributed by atoms with Gasteiger partial charge in [-0.3, -0.25) is 4.79 Å². The first kappa shape index (κ1) is 12.1. The van der Waals surface area contributed by atoms with Gasteiger partial charge in [0, 0.05) is 16.9 Å². The third-order valence-electron chi connectivity index (χ3n) is 2.85. The van der Waals surface area contributed by atoms with Gasteiger partial charge in [0.25, 0.3) is 0 Å². The van der Waals surface area contributed by atoms with E-state index in [2.05, 4.69) is 0 Å². The van der Waals surface area contributed by atoms with Gasteiger partial charge in [-0.25, -0.2) is 0 Å². The minimum absolute atomic E-state index is 0.102. The second-order valence-electron chi connectivity index (χ2n) is 4.07. The number of hydrogen-bond acceptors (Lipinski definition) is 4. The molecule has 94 valence electrons. The van der Waals surface area contributed by atoms with E-state index in [1.54, 1.807) is 23.9 Å². The summed E-state index contributed by atoms with van der Waals surface area (Å²) in [6, 6.07) is 7.18. The lowest BCUT2D eigenvalue weighted by Crippen LogP contribution is -2.31. The maximum absolute atomic E-state index is 12.2. The Hall–Kier alpha value is -0.970. The number of furan rings is 1. The van der Waals surface area contributed by atoms with Crippen LogP contribution in [0.5, 0.6) is 0 Å². The molecule has 1 aromatic carbocycles. The molecule has 1 unspecified atom stereocenters. The number of ether oxygens (including phenoxy) is 1. The van der Waals surface area contributed by atoms with Crippen molar-refractivity contribution in [1.29, 1.82) is 0 Å². The Morgan fingerprint density at radius 2 is 2.33 bits per heavy atom. The zero-order valence-electron chi connectivity index (χ0n) is 9.52. The van der Waals surface area contributed by atoms with Gasteiger partial charge >= 0.3 is 0 Å². The lowest BCUT2D eigenvalue weighted by Gasteiger charge is -2.19. The molecule has 3 rings (SSSR count). The summed E-state index contributed by atoms with van der Waals surface area (Å²) in [5, 5.41) is 1.36. The van der Waals surface area contributed by atoms with Crippen molar-refractivity contribution in [2.75, 3.05) is 18.1 Å². The Labute approximate surface area is 113 Å². The van der Waals surface area contributed by atoms with E-state index in [0.717, 1.165) is 11.1 Å². The average Bonchev–Trinajstić information content (AvgIpc) is 2.84. The third-order valence-corrected chi connectivity index (χ3v) is 4.14. The molecule has 0 saturated carbocycles. The molecule has 18 heavy (non-hydrogen) atoms. The highest BCUT2D eigenvalue weighted by Crippen LogP contribution is 2.28. The molecule has 0 amide bonds. The van der Waals surface area contributed by atoms with Gasteiger partial charge in [-0.1, -0.05) is 23.7 Å². The molecule has 2 aromatic rings. The molecule has 0 spiro atoms. The van der Waals surface area contributed by atoms with E-state index < -0.39 is 6.10 Å². The minimum atomic E-state index is -0.400. The zero-order valence-corrected chi connectivity index (χ0v) is 11.1. The standard InChI is InChI=1S/C13H11ClO3S/c14-9-3-1-2-8-6-10(17-13(8)9)12(15)11-7-18-5-4-16-11/h1-3,6,11H,4-5,7H2. The van der Waals surface area contributed by atoms with Gasteiger partial charge in [0.05, 0.1) is 11.6 Å². The normalized spacial score (nSPS) is 20.2. The Bertz CT molecular complexity index is 587. The number of carbonyl (C=O) groups is 1. The Balaban J connectivity index is 1.94. The molecule has 1 fully saturated rings. The molecule has 1 atom stereocenters. The Morgan fingerprint density at radius 3 is 3.06 bits per heavy atom. The van der Waals surface area contributed by atoms with E-state index in [4.69, 9.17) is 20.8 Å². The molecule has 1 aliphatic heterocycles. The van der Waals surface area contributed by atoms with E-state index in [1.807, 2.05) is 12.1 Å². The smallest absolute Gasteiger partial charge is 0.227 e. The fourth-order valence-corrected chi connectivity index (χ4v) is 3.01. The maximum Gasteiger partial charge on any atom is 0.227 e. The van der Waals surface area contributed by atoms with E-state index in [9.17, 15) is 4.79 Å². The van der Waals surface area contributed by atoms with Crippen LogP contribution in [0.4, 0.5) is 0 Å². The molecule has 5 heteroatoms. The highest BCUT2D eigenvalue weighted by Gasteiger charge is 2.26. The van der Waals surface area contributed by atoms with Crippen LogP contribution in [0.15, 0.2) is 28.7 Å². The number of thioether (sulfide) groups is 1. The van der Waals surface area contributed by atoms with Gasteiger partial charge in [-0.15, -0.1) is 0 Å². The van der Waals surface area contributed by atoms with E-state index >= 15 is 0 Å². The third kappa shape index (κ3) is 2.16. The summed E-state index contributed by atoms with van der Waals surface area (Å²) < 4.78 is 11.0. The van der Waals surface area contributed by atoms with Crippen molar-refractivity contribution in [3.63, 3.8) is 0 Å². The van der Waals surface area contributed by atoms with Crippen molar-refractivity contribution in [2.24, 2.45) is 0 Å². The number of ketones is 1. The lowest BCUT2D eigenvalue weighted by molar-refractivity contribution is 0.0495. The van der Waals surface area contributed by atoms with Gasteiger partial charge in [-0.2, -0.15) is 11.8 Å². The van der Waals surface area contributed by atoms with Crippen molar-refractivity contribution in [2.45, 2.75) is 6.10 Å². The SMILES string of the molecule is O=C(c1cc2cccc(Cl)c2o1)C1CSCCO1. The summed E-state index contributed by atoms with van der Waals surface area (Å²) in [6.07, 6.45) is -0.400.